The van der Waals surface area contributed by atoms with Crippen molar-refractivity contribution in [3.63, 3.8) is 0 Å². The summed E-state index contributed by atoms with van der Waals surface area (Å²) in [5.74, 6) is 0.693. The van der Waals surface area contributed by atoms with Crippen molar-refractivity contribution in [3.05, 3.63) is 10.4 Å². The van der Waals surface area contributed by atoms with Crippen LogP contribution in [0.25, 0.3) is 0 Å². The van der Waals surface area contributed by atoms with E-state index in [9.17, 15) is 0 Å². The molecule has 0 aliphatic rings. The van der Waals surface area contributed by atoms with Crippen LogP contribution in [0.1, 0.15) is 18.9 Å². The Morgan fingerprint density at radius 3 is 2.80 bits per heavy atom. The lowest BCUT2D eigenvalue weighted by Gasteiger charge is -1.97. The average Bonchev–Trinajstić information content (AvgIpc) is 2.13. The number of thiazole rings is 1. The number of rotatable bonds is 2. The minimum absolute atomic E-state index is 0.693. The number of hydrogen-bond acceptors (Lipinski definition) is 3. The normalized spacial score (nSPS) is 10.8. The van der Waals surface area contributed by atoms with Gasteiger partial charge in [-0.2, -0.15) is 0 Å². The third-order valence-electron chi connectivity index (χ3n) is 1.12. The standard InChI is InChI=1S/C7H11NS2/c1-5(2)3-7-8-6(9)4-10-7/h4-5,9H,3H2,1-2H3. The maximum Gasteiger partial charge on any atom is 0.104 e. The van der Waals surface area contributed by atoms with Crippen LogP contribution in [0.15, 0.2) is 10.4 Å². The van der Waals surface area contributed by atoms with E-state index in [0.717, 1.165) is 11.4 Å². The molecule has 0 unspecified atom stereocenters. The SMILES string of the molecule is CC(C)Cc1nc(S)cs1. The molecule has 0 aromatic carbocycles. The van der Waals surface area contributed by atoms with Crippen LogP contribution in [0.3, 0.4) is 0 Å². The monoisotopic (exact) mass is 173 g/mol. The Kier molecular flexibility index (Phi) is 2.74. The molecule has 0 fully saturated rings. The molecular formula is C7H11NS2. The van der Waals surface area contributed by atoms with Gasteiger partial charge in [-0.15, -0.1) is 24.0 Å². The van der Waals surface area contributed by atoms with Gasteiger partial charge in [-0.1, -0.05) is 13.8 Å². The lowest BCUT2D eigenvalue weighted by Crippen LogP contribution is -1.92. The fourth-order valence-electron chi connectivity index (χ4n) is 0.744. The van der Waals surface area contributed by atoms with Crippen molar-refractivity contribution >= 4 is 24.0 Å². The Morgan fingerprint density at radius 1 is 1.70 bits per heavy atom. The van der Waals surface area contributed by atoms with Gasteiger partial charge < -0.3 is 0 Å². The first kappa shape index (κ1) is 8.08. The molecule has 0 N–H and O–H groups in total. The Balaban J connectivity index is 2.58. The van der Waals surface area contributed by atoms with Gasteiger partial charge >= 0.3 is 0 Å². The zero-order chi connectivity index (χ0) is 7.56. The molecule has 1 aromatic rings. The molecule has 0 saturated carbocycles. The van der Waals surface area contributed by atoms with Crippen LogP contribution in [0, 0.1) is 5.92 Å². The Labute approximate surface area is 70.9 Å². The smallest absolute Gasteiger partial charge is 0.104 e. The van der Waals surface area contributed by atoms with Gasteiger partial charge in [0.2, 0.25) is 0 Å². The molecule has 0 spiro atoms. The Hall–Kier alpha value is -0.0200. The van der Waals surface area contributed by atoms with Crippen molar-refractivity contribution in [2.45, 2.75) is 25.3 Å². The van der Waals surface area contributed by atoms with E-state index < -0.39 is 0 Å². The van der Waals surface area contributed by atoms with E-state index >= 15 is 0 Å². The predicted molar refractivity (Wildman–Crippen MR) is 47.9 cm³/mol. The minimum atomic E-state index is 0.693. The maximum absolute atomic E-state index is 4.23. The van der Waals surface area contributed by atoms with Crippen molar-refractivity contribution in [1.82, 2.24) is 4.98 Å². The van der Waals surface area contributed by atoms with Crippen LogP contribution >= 0.6 is 24.0 Å². The molecule has 56 valence electrons. The number of nitrogens with zero attached hydrogens (tertiary/aromatic N) is 1. The molecule has 10 heavy (non-hydrogen) atoms. The van der Waals surface area contributed by atoms with Crippen molar-refractivity contribution in [3.8, 4) is 0 Å². The van der Waals surface area contributed by atoms with Gasteiger partial charge in [0.1, 0.15) is 5.03 Å². The van der Waals surface area contributed by atoms with E-state index in [1.165, 1.54) is 5.01 Å². The van der Waals surface area contributed by atoms with Crippen molar-refractivity contribution in [2.24, 2.45) is 5.92 Å². The molecule has 0 aliphatic carbocycles. The van der Waals surface area contributed by atoms with E-state index in [4.69, 9.17) is 0 Å². The first-order chi connectivity index (χ1) is 4.68. The molecule has 0 aliphatic heterocycles. The van der Waals surface area contributed by atoms with Gasteiger partial charge in [0.25, 0.3) is 0 Å². The molecule has 1 heterocycles. The second kappa shape index (κ2) is 3.39. The first-order valence-corrected chi connectivity index (χ1v) is 4.64. The second-order valence-corrected chi connectivity index (χ2v) is 4.10. The quantitative estimate of drug-likeness (QED) is 0.678. The number of hydrogen-bond donors (Lipinski definition) is 1. The summed E-state index contributed by atoms with van der Waals surface area (Å²) in [5.41, 5.74) is 0. The Bertz CT molecular complexity index is 205. The van der Waals surface area contributed by atoms with Gasteiger partial charge in [-0.05, 0) is 5.92 Å². The molecule has 0 bridgehead atoms. The van der Waals surface area contributed by atoms with Gasteiger partial charge in [0.05, 0.1) is 5.01 Å². The van der Waals surface area contributed by atoms with E-state index in [1.54, 1.807) is 11.3 Å². The van der Waals surface area contributed by atoms with E-state index in [1.807, 2.05) is 5.38 Å². The second-order valence-electron chi connectivity index (χ2n) is 2.70. The van der Waals surface area contributed by atoms with Crippen LogP contribution in [0.4, 0.5) is 0 Å². The lowest BCUT2D eigenvalue weighted by molar-refractivity contribution is 0.642. The molecule has 0 radical (unpaired) electrons. The maximum atomic E-state index is 4.23. The molecule has 1 nitrogen and oxygen atoms in total. The fourth-order valence-corrected chi connectivity index (χ4v) is 1.97. The summed E-state index contributed by atoms with van der Waals surface area (Å²) in [7, 11) is 0. The van der Waals surface area contributed by atoms with Crippen LogP contribution in [0.5, 0.6) is 0 Å². The van der Waals surface area contributed by atoms with Gasteiger partial charge in [0.15, 0.2) is 0 Å². The van der Waals surface area contributed by atoms with Crippen molar-refractivity contribution < 1.29 is 0 Å². The molecule has 0 atom stereocenters. The molecule has 3 heteroatoms. The van der Waals surface area contributed by atoms with Crippen molar-refractivity contribution in [1.29, 1.82) is 0 Å². The van der Waals surface area contributed by atoms with Crippen molar-refractivity contribution in [2.75, 3.05) is 0 Å². The predicted octanol–water partition coefficient (Wildman–Crippen LogP) is 2.63. The topological polar surface area (TPSA) is 12.9 Å². The van der Waals surface area contributed by atoms with Gasteiger partial charge in [-0.3, -0.25) is 0 Å². The first-order valence-electron chi connectivity index (χ1n) is 3.32. The number of thiol groups is 1. The van der Waals surface area contributed by atoms with Crippen LogP contribution < -0.4 is 0 Å². The zero-order valence-corrected chi connectivity index (χ0v) is 7.88. The average molecular weight is 173 g/mol. The van der Waals surface area contributed by atoms with Crippen LogP contribution in [-0.4, -0.2) is 4.98 Å². The summed E-state index contributed by atoms with van der Waals surface area (Å²) in [4.78, 5) is 4.23. The van der Waals surface area contributed by atoms with Gasteiger partial charge in [-0.25, -0.2) is 4.98 Å². The van der Waals surface area contributed by atoms with Crippen LogP contribution in [-0.2, 0) is 6.42 Å². The summed E-state index contributed by atoms with van der Waals surface area (Å²) in [6.07, 6.45) is 1.07. The molecule has 1 rings (SSSR count). The molecule has 0 amide bonds. The molecule has 0 saturated heterocycles. The molecular weight excluding hydrogens is 162 g/mol. The molecule has 1 aromatic heterocycles. The summed E-state index contributed by atoms with van der Waals surface area (Å²) < 4.78 is 0. The van der Waals surface area contributed by atoms with E-state index in [2.05, 4.69) is 31.5 Å². The highest BCUT2D eigenvalue weighted by Crippen LogP contribution is 2.15. The minimum Gasteiger partial charge on any atom is -0.235 e. The summed E-state index contributed by atoms with van der Waals surface area (Å²) in [6, 6.07) is 0. The summed E-state index contributed by atoms with van der Waals surface area (Å²) in [6.45, 7) is 4.39. The highest BCUT2D eigenvalue weighted by Gasteiger charge is 2.00. The zero-order valence-electron chi connectivity index (χ0n) is 6.16. The fraction of sp³-hybridized carbons (Fsp3) is 0.571. The summed E-state index contributed by atoms with van der Waals surface area (Å²) in [5, 5.41) is 4.02. The van der Waals surface area contributed by atoms with E-state index in [0.29, 0.717) is 5.92 Å². The van der Waals surface area contributed by atoms with Gasteiger partial charge in [0, 0.05) is 11.8 Å². The Morgan fingerprint density at radius 2 is 2.40 bits per heavy atom. The highest BCUT2D eigenvalue weighted by molar-refractivity contribution is 7.80. The van der Waals surface area contributed by atoms with Crippen LogP contribution in [0.2, 0.25) is 0 Å². The lowest BCUT2D eigenvalue weighted by atomic mass is 10.1. The third kappa shape index (κ3) is 2.31. The largest absolute Gasteiger partial charge is 0.235 e. The summed E-state index contributed by atoms with van der Waals surface area (Å²) >= 11 is 5.82. The number of aromatic nitrogens is 1. The van der Waals surface area contributed by atoms with E-state index in [-0.39, 0.29) is 0 Å². The third-order valence-corrected chi connectivity index (χ3v) is 2.40. The highest BCUT2D eigenvalue weighted by atomic mass is 32.1.